The van der Waals surface area contributed by atoms with Crippen molar-refractivity contribution >= 4 is 17.5 Å². The van der Waals surface area contributed by atoms with E-state index in [9.17, 15) is 4.79 Å². The molecule has 6 nitrogen and oxygen atoms in total. The van der Waals surface area contributed by atoms with Gasteiger partial charge in [-0.15, -0.1) is 0 Å². The Hall–Kier alpha value is -1.98. The fourth-order valence-electron chi connectivity index (χ4n) is 2.46. The van der Waals surface area contributed by atoms with Gasteiger partial charge in [0.2, 0.25) is 0 Å². The fraction of sp³-hybridized carbons (Fsp3) is 0.600. The van der Waals surface area contributed by atoms with Gasteiger partial charge in [0, 0.05) is 31.9 Å². The summed E-state index contributed by atoms with van der Waals surface area (Å²) >= 11 is 0. The van der Waals surface area contributed by atoms with Crippen molar-refractivity contribution < 1.29 is 9.53 Å². The zero-order chi connectivity index (χ0) is 15.6. The number of aromatic nitrogens is 1. The van der Waals surface area contributed by atoms with Crippen molar-refractivity contribution in [2.24, 2.45) is 0 Å². The SMILES string of the molecule is C[C@@H]1CN(c2ccncc2N)CCN1C(=O)OC(C)(C)C. The van der Waals surface area contributed by atoms with Crippen LogP contribution >= 0.6 is 0 Å². The molecule has 1 aromatic rings. The molecule has 2 N–H and O–H groups in total. The molecule has 0 radical (unpaired) electrons. The second-order valence-electron chi connectivity index (χ2n) is 6.40. The van der Waals surface area contributed by atoms with E-state index in [0.717, 1.165) is 18.8 Å². The average Bonchev–Trinajstić information content (AvgIpc) is 2.37. The highest BCUT2D eigenvalue weighted by atomic mass is 16.6. The van der Waals surface area contributed by atoms with E-state index >= 15 is 0 Å². The Labute approximate surface area is 125 Å². The normalized spacial score (nSPS) is 19.5. The van der Waals surface area contributed by atoms with Gasteiger partial charge in [0.25, 0.3) is 0 Å². The summed E-state index contributed by atoms with van der Waals surface area (Å²) in [5.41, 5.74) is 7.13. The third-order valence-electron chi connectivity index (χ3n) is 3.42. The minimum Gasteiger partial charge on any atom is -0.444 e. The first-order chi connectivity index (χ1) is 9.78. The van der Waals surface area contributed by atoms with Crippen molar-refractivity contribution in [3.63, 3.8) is 0 Å². The predicted molar refractivity (Wildman–Crippen MR) is 83.3 cm³/mol. The minimum atomic E-state index is -0.469. The lowest BCUT2D eigenvalue weighted by molar-refractivity contribution is 0.0159. The Bertz CT molecular complexity index is 513. The number of rotatable bonds is 1. The molecule has 6 heteroatoms. The molecule has 116 valence electrons. The van der Waals surface area contributed by atoms with Crippen molar-refractivity contribution in [1.82, 2.24) is 9.88 Å². The van der Waals surface area contributed by atoms with Crippen LogP contribution in [0.15, 0.2) is 18.5 Å². The molecule has 2 heterocycles. The summed E-state index contributed by atoms with van der Waals surface area (Å²) < 4.78 is 5.45. The molecule has 0 spiro atoms. The van der Waals surface area contributed by atoms with Crippen LogP contribution in [0.25, 0.3) is 0 Å². The number of ether oxygens (including phenoxy) is 1. The molecule has 1 fully saturated rings. The number of hydrogen-bond acceptors (Lipinski definition) is 5. The first-order valence-electron chi connectivity index (χ1n) is 7.22. The van der Waals surface area contributed by atoms with E-state index in [1.807, 2.05) is 33.8 Å². The Morgan fingerprint density at radius 3 is 2.71 bits per heavy atom. The summed E-state index contributed by atoms with van der Waals surface area (Å²) in [5, 5.41) is 0. The summed E-state index contributed by atoms with van der Waals surface area (Å²) in [6, 6.07) is 1.98. The lowest BCUT2D eigenvalue weighted by atomic mass is 10.1. The standard InChI is InChI=1S/C15H24N4O2/c1-11-10-18(13-5-6-17-9-12(13)16)7-8-19(11)14(20)21-15(2,3)4/h5-6,9,11H,7-8,10,16H2,1-4H3/t11-/m1/s1. The molecular formula is C15H24N4O2. The molecule has 1 atom stereocenters. The molecule has 1 aliphatic heterocycles. The zero-order valence-electron chi connectivity index (χ0n) is 13.2. The summed E-state index contributed by atoms with van der Waals surface area (Å²) in [7, 11) is 0. The van der Waals surface area contributed by atoms with Gasteiger partial charge in [0.1, 0.15) is 5.60 Å². The number of nitrogen functional groups attached to an aromatic ring is 1. The van der Waals surface area contributed by atoms with Crippen LogP contribution in [0.4, 0.5) is 16.2 Å². The van der Waals surface area contributed by atoms with Crippen molar-refractivity contribution in [2.75, 3.05) is 30.3 Å². The monoisotopic (exact) mass is 292 g/mol. The maximum Gasteiger partial charge on any atom is 0.410 e. The van der Waals surface area contributed by atoms with Gasteiger partial charge < -0.3 is 20.3 Å². The lowest BCUT2D eigenvalue weighted by Gasteiger charge is -2.41. The van der Waals surface area contributed by atoms with Crippen LogP contribution < -0.4 is 10.6 Å². The van der Waals surface area contributed by atoms with Crippen molar-refractivity contribution in [3.8, 4) is 0 Å². The Morgan fingerprint density at radius 1 is 1.43 bits per heavy atom. The molecule has 1 aliphatic rings. The summed E-state index contributed by atoms with van der Waals surface area (Å²) in [6.45, 7) is 9.74. The second-order valence-corrected chi connectivity index (χ2v) is 6.40. The number of anilines is 2. The number of hydrogen-bond donors (Lipinski definition) is 1. The van der Waals surface area contributed by atoms with Crippen LogP contribution in [0.2, 0.25) is 0 Å². The summed E-state index contributed by atoms with van der Waals surface area (Å²) in [4.78, 5) is 20.2. The number of amides is 1. The molecule has 0 aromatic carbocycles. The van der Waals surface area contributed by atoms with Gasteiger partial charge in [0.05, 0.1) is 17.6 Å². The smallest absolute Gasteiger partial charge is 0.410 e. The average molecular weight is 292 g/mol. The minimum absolute atomic E-state index is 0.0705. The number of carbonyl (C=O) groups excluding carboxylic acids is 1. The highest BCUT2D eigenvalue weighted by Crippen LogP contribution is 2.25. The van der Waals surface area contributed by atoms with Crippen LogP contribution in [0.3, 0.4) is 0 Å². The highest BCUT2D eigenvalue weighted by Gasteiger charge is 2.31. The number of carbonyl (C=O) groups is 1. The van der Waals surface area contributed by atoms with Crippen LogP contribution in [0.1, 0.15) is 27.7 Å². The number of nitrogens with two attached hydrogens (primary N) is 1. The predicted octanol–water partition coefficient (Wildman–Crippen LogP) is 2.11. The number of pyridine rings is 1. The van der Waals surface area contributed by atoms with E-state index in [1.165, 1.54) is 0 Å². The number of piperazine rings is 1. The molecule has 1 aromatic heterocycles. The Kier molecular flexibility index (Phi) is 4.25. The maximum absolute atomic E-state index is 12.2. The molecule has 21 heavy (non-hydrogen) atoms. The van der Waals surface area contributed by atoms with E-state index in [1.54, 1.807) is 17.3 Å². The molecule has 1 amide bonds. The third-order valence-corrected chi connectivity index (χ3v) is 3.42. The van der Waals surface area contributed by atoms with Gasteiger partial charge in [-0.2, -0.15) is 0 Å². The molecule has 1 saturated heterocycles. The highest BCUT2D eigenvalue weighted by molar-refractivity contribution is 5.70. The molecule has 0 unspecified atom stereocenters. The molecule has 0 saturated carbocycles. The van der Waals surface area contributed by atoms with Crippen molar-refractivity contribution in [3.05, 3.63) is 18.5 Å². The lowest BCUT2D eigenvalue weighted by Crippen LogP contribution is -2.55. The van der Waals surface area contributed by atoms with Gasteiger partial charge in [-0.3, -0.25) is 4.98 Å². The molecule has 0 aliphatic carbocycles. The van der Waals surface area contributed by atoms with Gasteiger partial charge in [-0.1, -0.05) is 0 Å². The van der Waals surface area contributed by atoms with E-state index in [4.69, 9.17) is 10.5 Å². The summed E-state index contributed by atoms with van der Waals surface area (Å²) in [5.74, 6) is 0. The van der Waals surface area contributed by atoms with Crippen LogP contribution in [0.5, 0.6) is 0 Å². The first kappa shape index (κ1) is 15.4. The largest absolute Gasteiger partial charge is 0.444 e. The third kappa shape index (κ3) is 3.77. The van der Waals surface area contributed by atoms with E-state index in [-0.39, 0.29) is 12.1 Å². The Morgan fingerprint density at radius 2 is 2.14 bits per heavy atom. The van der Waals surface area contributed by atoms with E-state index < -0.39 is 5.60 Å². The quantitative estimate of drug-likeness (QED) is 0.858. The van der Waals surface area contributed by atoms with Gasteiger partial charge in [-0.25, -0.2) is 4.79 Å². The topological polar surface area (TPSA) is 71.7 Å². The maximum atomic E-state index is 12.2. The molecular weight excluding hydrogens is 268 g/mol. The molecule has 2 rings (SSSR count). The van der Waals surface area contributed by atoms with Crippen LogP contribution in [-0.4, -0.2) is 47.3 Å². The molecule has 0 bridgehead atoms. The van der Waals surface area contributed by atoms with Gasteiger partial charge in [0.15, 0.2) is 0 Å². The van der Waals surface area contributed by atoms with E-state index in [2.05, 4.69) is 9.88 Å². The van der Waals surface area contributed by atoms with Crippen LogP contribution in [0, 0.1) is 0 Å². The second kappa shape index (κ2) is 5.79. The van der Waals surface area contributed by atoms with Crippen LogP contribution in [-0.2, 0) is 4.74 Å². The zero-order valence-corrected chi connectivity index (χ0v) is 13.2. The van der Waals surface area contributed by atoms with Gasteiger partial charge in [-0.05, 0) is 33.8 Å². The first-order valence-corrected chi connectivity index (χ1v) is 7.22. The van der Waals surface area contributed by atoms with Crippen molar-refractivity contribution in [1.29, 1.82) is 0 Å². The van der Waals surface area contributed by atoms with E-state index in [0.29, 0.717) is 12.2 Å². The summed E-state index contributed by atoms with van der Waals surface area (Å²) in [6.07, 6.45) is 3.13. The Balaban J connectivity index is 2.03. The van der Waals surface area contributed by atoms with Gasteiger partial charge >= 0.3 is 6.09 Å². The number of nitrogens with zero attached hydrogens (tertiary/aromatic N) is 3. The fourth-order valence-corrected chi connectivity index (χ4v) is 2.46. The van der Waals surface area contributed by atoms with Crippen molar-refractivity contribution in [2.45, 2.75) is 39.3 Å².